The van der Waals surface area contributed by atoms with Gasteiger partial charge in [-0.25, -0.2) is 4.98 Å². The summed E-state index contributed by atoms with van der Waals surface area (Å²) < 4.78 is 5.65. The highest BCUT2D eigenvalue weighted by molar-refractivity contribution is 8.00. The molecule has 0 bridgehead atoms. The van der Waals surface area contributed by atoms with Gasteiger partial charge in [-0.3, -0.25) is 9.59 Å². The average Bonchev–Trinajstić information content (AvgIpc) is 2.69. The van der Waals surface area contributed by atoms with E-state index < -0.39 is 5.25 Å². The van der Waals surface area contributed by atoms with Gasteiger partial charge in [-0.05, 0) is 44.5 Å². The summed E-state index contributed by atoms with van der Waals surface area (Å²) in [6.07, 6.45) is 0. The first-order chi connectivity index (χ1) is 13.9. The van der Waals surface area contributed by atoms with E-state index in [2.05, 4.69) is 15.3 Å². The Balaban J connectivity index is 1.64. The number of carbonyl (C=O) groups is 1. The van der Waals surface area contributed by atoms with Gasteiger partial charge in [0.1, 0.15) is 12.4 Å². The molecule has 3 rings (SSSR count). The molecule has 29 heavy (non-hydrogen) atoms. The molecule has 2 N–H and O–H groups in total. The van der Waals surface area contributed by atoms with Gasteiger partial charge in [0.05, 0.1) is 10.9 Å². The third-order valence-corrected chi connectivity index (χ3v) is 5.18. The first-order valence-electron chi connectivity index (χ1n) is 9.23. The van der Waals surface area contributed by atoms with Gasteiger partial charge in [-0.15, -0.1) is 0 Å². The van der Waals surface area contributed by atoms with Crippen LogP contribution < -0.4 is 15.6 Å². The van der Waals surface area contributed by atoms with Crippen molar-refractivity contribution in [2.45, 2.75) is 37.8 Å². The average molecular weight is 410 g/mol. The van der Waals surface area contributed by atoms with Crippen molar-refractivity contribution < 1.29 is 9.53 Å². The maximum absolute atomic E-state index is 12.6. The molecule has 0 spiro atoms. The van der Waals surface area contributed by atoms with Gasteiger partial charge in [0, 0.05) is 11.8 Å². The van der Waals surface area contributed by atoms with Crippen LogP contribution in [0.1, 0.15) is 23.7 Å². The molecule has 3 aromatic rings. The van der Waals surface area contributed by atoms with E-state index in [0.717, 1.165) is 16.8 Å². The number of carbonyl (C=O) groups excluding carboxylic acids is 1. The molecular formula is C22H23N3O3S. The van der Waals surface area contributed by atoms with Crippen molar-refractivity contribution in [2.75, 3.05) is 5.32 Å². The van der Waals surface area contributed by atoms with Crippen molar-refractivity contribution in [3.05, 3.63) is 81.8 Å². The molecule has 0 saturated heterocycles. The molecule has 1 atom stereocenters. The van der Waals surface area contributed by atoms with Crippen LogP contribution in [0.3, 0.4) is 0 Å². The number of nitrogens with one attached hydrogen (secondary N) is 2. The van der Waals surface area contributed by atoms with E-state index in [1.165, 1.54) is 17.8 Å². The summed E-state index contributed by atoms with van der Waals surface area (Å²) in [4.78, 5) is 31.6. The van der Waals surface area contributed by atoms with E-state index in [0.29, 0.717) is 16.6 Å². The van der Waals surface area contributed by atoms with E-state index in [-0.39, 0.29) is 18.1 Å². The molecular weight excluding hydrogens is 386 g/mol. The van der Waals surface area contributed by atoms with Gasteiger partial charge in [0.2, 0.25) is 5.91 Å². The molecule has 1 unspecified atom stereocenters. The lowest BCUT2D eigenvalue weighted by Crippen LogP contribution is -2.24. The number of aromatic amines is 1. The fourth-order valence-electron chi connectivity index (χ4n) is 2.70. The predicted molar refractivity (Wildman–Crippen MR) is 115 cm³/mol. The van der Waals surface area contributed by atoms with Gasteiger partial charge in [-0.2, -0.15) is 0 Å². The molecule has 150 valence electrons. The second-order valence-electron chi connectivity index (χ2n) is 6.71. The summed E-state index contributed by atoms with van der Waals surface area (Å²) >= 11 is 1.20. The van der Waals surface area contributed by atoms with Gasteiger partial charge >= 0.3 is 0 Å². The zero-order valence-corrected chi connectivity index (χ0v) is 17.4. The van der Waals surface area contributed by atoms with Crippen LogP contribution in [0.15, 0.2) is 64.5 Å². The number of nitrogens with zero attached hydrogens (tertiary/aromatic N) is 1. The number of aromatic nitrogens is 2. The fraction of sp³-hybridized carbons (Fsp3) is 0.227. The lowest BCUT2D eigenvalue weighted by Gasteiger charge is -2.14. The Labute approximate surface area is 173 Å². The minimum atomic E-state index is -0.441. The highest BCUT2D eigenvalue weighted by Gasteiger charge is 2.17. The molecule has 6 nitrogen and oxygen atoms in total. The zero-order valence-electron chi connectivity index (χ0n) is 16.6. The van der Waals surface area contributed by atoms with E-state index in [1.54, 1.807) is 6.92 Å². The van der Waals surface area contributed by atoms with E-state index in [4.69, 9.17) is 4.74 Å². The normalized spacial score (nSPS) is 11.7. The molecule has 2 aromatic carbocycles. The third-order valence-electron chi connectivity index (χ3n) is 4.20. The van der Waals surface area contributed by atoms with Gasteiger partial charge in [0.25, 0.3) is 5.56 Å². The van der Waals surface area contributed by atoms with E-state index >= 15 is 0 Å². The number of hydrogen-bond acceptors (Lipinski definition) is 5. The molecule has 1 aromatic heterocycles. The molecule has 0 aliphatic heterocycles. The molecule has 0 aliphatic carbocycles. The molecule has 0 aliphatic rings. The Kier molecular flexibility index (Phi) is 6.72. The van der Waals surface area contributed by atoms with Crippen molar-refractivity contribution in [2.24, 2.45) is 0 Å². The highest BCUT2D eigenvalue weighted by atomic mass is 32.2. The maximum atomic E-state index is 12.6. The standard InChI is InChI=1S/C22H23N3O3S/c1-14-9-10-19(15(2)11-14)24-21(27)16(3)29-22-23-17(12-20(26)25-22)13-28-18-7-5-4-6-8-18/h4-12,16H,13H2,1-3H3,(H,24,27)(H,23,25,26). The quantitative estimate of drug-likeness (QED) is 0.454. The summed E-state index contributed by atoms with van der Waals surface area (Å²) in [7, 11) is 0. The van der Waals surface area contributed by atoms with Crippen LogP contribution in [-0.2, 0) is 11.4 Å². The number of anilines is 1. The van der Waals surface area contributed by atoms with Crippen molar-refractivity contribution >= 4 is 23.4 Å². The number of benzene rings is 2. The summed E-state index contributed by atoms with van der Waals surface area (Å²) in [6.45, 7) is 5.91. The van der Waals surface area contributed by atoms with Crippen LogP contribution >= 0.6 is 11.8 Å². The monoisotopic (exact) mass is 409 g/mol. The minimum Gasteiger partial charge on any atom is -0.487 e. The molecule has 0 radical (unpaired) electrons. The highest BCUT2D eigenvalue weighted by Crippen LogP contribution is 2.22. The lowest BCUT2D eigenvalue weighted by atomic mass is 10.1. The fourth-order valence-corrected chi connectivity index (χ4v) is 3.53. The number of aryl methyl sites for hydroxylation is 2. The summed E-state index contributed by atoms with van der Waals surface area (Å²) in [5.41, 5.74) is 3.14. The Morgan fingerprint density at radius 1 is 1.17 bits per heavy atom. The van der Waals surface area contributed by atoms with Crippen LogP contribution in [0, 0.1) is 13.8 Å². The molecule has 0 saturated carbocycles. The number of ether oxygens (including phenoxy) is 1. The van der Waals surface area contributed by atoms with Crippen LogP contribution in [0.4, 0.5) is 5.69 Å². The Morgan fingerprint density at radius 2 is 1.93 bits per heavy atom. The van der Waals surface area contributed by atoms with Gasteiger partial charge in [-0.1, -0.05) is 47.7 Å². The number of thioether (sulfide) groups is 1. The second kappa shape index (κ2) is 9.43. The summed E-state index contributed by atoms with van der Waals surface area (Å²) in [6, 6.07) is 16.6. The topological polar surface area (TPSA) is 84.1 Å². The number of para-hydroxylation sites is 1. The van der Waals surface area contributed by atoms with E-state index in [1.807, 2.05) is 62.4 Å². The van der Waals surface area contributed by atoms with Crippen LogP contribution in [-0.4, -0.2) is 21.1 Å². The first-order valence-corrected chi connectivity index (χ1v) is 10.1. The van der Waals surface area contributed by atoms with Crippen LogP contribution in [0.2, 0.25) is 0 Å². The van der Waals surface area contributed by atoms with Crippen LogP contribution in [0.25, 0.3) is 0 Å². The molecule has 0 fully saturated rings. The van der Waals surface area contributed by atoms with Crippen molar-refractivity contribution in [3.63, 3.8) is 0 Å². The molecule has 1 heterocycles. The minimum absolute atomic E-state index is 0.157. The predicted octanol–water partition coefficient (Wildman–Crippen LogP) is 4.09. The summed E-state index contributed by atoms with van der Waals surface area (Å²) in [5, 5.41) is 2.87. The summed E-state index contributed by atoms with van der Waals surface area (Å²) in [5.74, 6) is 0.542. The van der Waals surface area contributed by atoms with Gasteiger partial charge in [0.15, 0.2) is 5.16 Å². The zero-order chi connectivity index (χ0) is 20.8. The second-order valence-corrected chi connectivity index (χ2v) is 8.04. The molecule has 1 amide bonds. The number of amides is 1. The number of H-pyrrole nitrogens is 1. The Morgan fingerprint density at radius 3 is 2.66 bits per heavy atom. The van der Waals surface area contributed by atoms with Gasteiger partial charge < -0.3 is 15.0 Å². The number of hydrogen-bond donors (Lipinski definition) is 2. The van der Waals surface area contributed by atoms with E-state index in [9.17, 15) is 9.59 Å². The van der Waals surface area contributed by atoms with Crippen molar-refractivity contribution in [1.82, 2.24) is 9.97 Å². The SMILES string of the molecule is Cc1ccc(NC(=O)C(C)Sc2nc(COc3ccccc3)cc(=O)[nH]2)c(C)c1. The van der Waals surface area contributed by atoms with Crippen molar-refractivity contribution in [1.29, 1.82) is 0 Å². The molecule has 7 heteroatoms. The Bertz CT molecular complexity index is 1050. The smallest absolute Gasteiger partial charge is 0.251 e. The number of rotatable bonds is 7. The van der Waals surface area contributed by atoms with Crippen LogP contribution in [0.5, 0.6) is 5.75 Å². The first kappa shape index (κ1) is 20.7. The largest absolute Gasteiger partial charge is 0.487 e. The maximum Gasteiger partial charge on any atom is 0.251 e. The Hall–Kier alpha value is -3.06. The van der Waals surface area contributed by atoms with Crippen molar-refractivity contribution in [3.8, 4) is 5.75 Å². The third kappa shape index (κ3) is 5.96. The lowest BCUT2D eigenvalue weighted by molar-refractivity contribution is -0.115.